The third-order valence-corrected chi connectivity index (χ3v) is 6.07. The number of hydrogen-bond donors (Lipinski definition) is 3. The minimum Gasteiger partial charge on any atom is -0.410 e. The van der Waals surface area contributed by atoms with Crippen LogP contribution in [0.5, 0.6) is 0 Å². The van der Waals surface area contributed by atoms with Gasteiger partial charge in [-0.25, -0.2) is 13.8 Å². The van der Waals surface area contributed by atoms with Crippen molar-refractivity contribution in [3.05, 3.63) is 33.9 Å². The van der Waals surface area contributed by atoms with Gasteiger partial charge in [-0.2, -0.15) is 27.1 Å². The van der Waals surface area contributed by atoms with E-state index in [1.165, 1.54) is 6.07 Å². The van der Waals surface area contributed by atoms with Crippen LogP contribution in [-0.4, -0.2) is 59.7 Å². The van der Waals surface area contributed by atoms with Crippen LogP contribution >= 0.6 is 22.9 Å². The smallest absolute Gasteiger partial charge is 0.410 e. The topological polar surface area (TPSA) is 101 Å². The van der Waals surface area contributed by atoms with Gasteiger partial charge in [0, 0.05) is 29.7 Å². The standard InChI is InChI=1S/C19H15ClF9N5O3S/c1-31-14(11(17(22,23)24)13(30)36-18(25,26)16(21)37-19(27,28)29)34-6-7(5-32-34)10-4-9(12(20)38-10)15(35)33-8-2-3-8/h4-6,8,16,30-31H,2-3H2,1H3,(H,33,35)/b14-11-,30-13?. The van der Waals surface area contributed by atoms with Crippen LogP contribution in [-0.2, 0) is 9.47 Å². The number of nitrogens with one attached hydrogen (secondary N) is 3. The van der Waals surface area contributed by atoms with Gasteiger partial charge in [0.1, 0.15) is 10.2 Å². The third-order valence-electron chi connectivity index (χ3n) is 4.66. The number of rotatable bonds is 9. The van der Waals surface area contributed by atoms with E-state index in [-0.39, 0.29) is 26.4 Å². The number of carbonyl (C=O) groups excluding carboxylic acids is 1. The summed E-state index contributed by atoms with van der Waals surface area (Å²) in [4.78, 5) is 12.6. The van der Waals surface area contributed by atoms with E-state index < -0.39 is 48.2 Å². The first-order valence-corrected chi connectivity index (χ1v) is 11.3. The normalized spacial score (nSPS) is 16.1. The Morgan fingerprint density at radius 3 is 2.39 bits per heavy atom. The highest BCUT2D eigenvalue weighted by molar-refractivity contribution is 7.19. The van der Waals surface area contributed by atoms with Crippen molar-refractivity contribution in [1.82, 2.24) is 20.4 Å². The molecule has 1 aliphatic rings. The lowest BCUT2D eigenvalue weighted by atomic mass is 10.2. The van der Waals surface area contributed by atoms with Gasteiger partial charge in [-0.05, 0) is 18.9 Å². The van der Waals surface area contributed by atoms with Crippen molar-refractivity contribution in [2.45, 2.75) is 43.9 Å². The molecule has 38 heavy (non-hydrogen) atoms. The monoisotopic (exact) mass is 599 g/mol. The van der Waals surface area contributed by atoms with Crippen LogP contribution in [0.3, 0.4) is 0 Å². The molecule has 1 fully saturated rings. The summed E-state index contributed by atoms with van der Waals surface area (Å²) in [6.45, 7) is 0. The maximum absolute atomic E-state index is 13.8. The summed E-state index contributed by atoms with van der Waals surface area (Å²) in [6.07, 6.45) is -18.2. The number of halogens is 10. The van der Waals surface area contributed by atoms with Crippen LogP contribution in [0.4, 0.5) is 39.5 Å². The quantitative estimate of drug-likeness (QED) is 0.200. The van der Waals surface area contributed by atoms with Crippen LogP contribution in [0, 0.1) is 5.41 Å². The molecule has 210 valence electrons. The van der Waals surface area contributed by atoms with Gasteiger partial charge < -0.3 is 15.4 Å². The van der Waals surface area contributed by atoms with Crippen molar-refractivity contribution in [3.8, 4) is 10.4 Å². The molecule has 1 amide bonds. The van der Waals surface area contributed by atoms with Crippen molar-refractivity contribution < 1.29 is 53.8 Å². The molecule has 1 saturated carbocycles. The van der Waals surface area contributed by atoms with Crippen LogP contribution in [0.25, 0.3) is 16.3 Å². The van der Waals surface area contributed by atoms with Gasteiger partial charge in [0.15, 0.2) is 5.57 Å². The number of aromatic nitrogens is 2. The summed E-state index contributed by atoms with van der Waals surface area (Å²) in [5.74, 6) is -4.07. The fourth-order valence-corrected chi connectivity index (χ4v) is 4.12. The van der Waals surface area contributed by atoms with E-state index in [1.54, 1.807) is 0 Å². The van der Waals surface area contributed by atoms with Gasteiger partial charge in [-0.1, -0.05) is 11.6 Å². The summed E-state index contributed by atoms with van der Waals surface area (Å²) in [7, 11) is 0.890. The molecule has 0 spiro atoms. The van der Waals surface area contributed by atoms with E-state index in [4.69, 9.17) is 17.0 Å². The van der Waals surface area contributed by atoms with E-state index in [2.05, 4.69) is 19.9 Å². The van der Waals surface area contributed by atoms with E-state index in [9.17, 15) is 44.3 Å². The number of alkyl halides is 9. The first-order valence-electron chi connectivity index (χ1n) is 10.1. The number of carbonyl (C=O) groups is 1. The molecule has 0 aliphatic heterocycles. The lowest BCUT2D eigenvalue weighted by Gasteiger charge is -2.24. The highest BCUT2D eigenvalue weighted by Crippen LogP contribution is 2.38. The molecular formula is C19H15ClF9N5O3S. The molecule has 2 aromatic heterocycles. The zero-order valence-electron chi connectivity index (χ0n) is 18.6. The summed E-state index contributed by atoms with van der Waals surface area (Å²) in [5, 5.41) is 15.7. The highest BCUT2D eigenvalue weighted by atomic mass is 35.5. The molecule has 0 aromatic carbocycles. The van der Waals surface area contributed by atoms with Gasteiger partial charge in [0.2, 0.25) is 5.90 Å². The predicted octanol–water partition coefficient (Wildman–Crippen LogP) is 5.53. The average molecular weight is 600 g/mol. The molecule has 3 N–H and O–H groups in total. The Morgan fingerprint density at radius 1 is 1.24 bits per heavy atom. The molecule has 0 radical (unpaired) electrons. The largest absolute Gasteiger partial charge is 0.525 e. The van der Waals surface area contributed by atoms with E-state index in [1.807, 2.05) is 5.32 Å². The number of thiophene rings is 1. The van der Waals surface area contributed by atoms with Crippen molar-refractivity contribution in [3.63, 3.8) is 0 Å². The number of amides is 1. The van der Waals surface area contributed by atoms with Gasteiger partial charge in [0.25, 0.3) is 5.91 Å². The Hall–Kier alpha value is -2.99. The molecule has 1 unspecified atom stereocenters. The van der Waals surface area contributed by atoms with Crippen molar-refractivity contribution in [2.24, 2.45) is 0 Å². The summed E-state index contributed by atoms with van der Waals surface area (Å²) >= 11 is 6.99. The molecular weight excluding hydrogens is 585 g/mol. The van der Waals surface area contributed by atoms with Gasteiger partial charge in [-0.15, -0.1) is 24.5 Å². The minimum atomic E-state index is -5.91. The first kappa shape index (κ1) is 29.6. The Bertz CT molecular complexity index is 1240. The molecule has 2 aromatic rings. The van der Waals surface area contributed by atoms with Crippen molar-refractivity contribution in [2.75, 3.05) is 7.05 Å². The molecule has 8 nitrogen and oxygen atoms in total. The maximum Gasteiger partial charge on any atom is 0.525 e. The Kier molecular flexibility index (Phi) is 8.28. The average Bonchev–Trinajstić information content (AvgIpc) is 3.27. The number of hydrogen-bond acceptors (Lipinski definition) is 7. The molecule has 1 aliphatic carbocycles. The van der Waals surface area contributed by atoms with E-state index in [0.29, 0.717) is 4.68 Å². The molecule has 2 heterocycles. The van der Waals surface area contributed by atoms with Crippen molar-refractivity contribution in [1.29, 1.82) is 5.41 Å². The number of ether oxygens (including phenoxy) is 2. The highest BCUT2D eigenvalue weighted by Gasteiger charge is 2.53. The predicted molar refractivity (Wildman–Crippen MR) is 115 cm³/mol. The minimum absolute atomic E-state index is 0.0198. The Morgan fingerprint density at radius 2 is 1.87 bits per heavy atom. The summed E-state index contributed by atoms with van der Waals surface area (Å²) < 4.78 is 124. The van der Waals surface area contributed by atoms with Crippen LogP contribution in [0.1, 0.15) is 23.2 Å². The van der Waals surface area contributed by atoms with Crippen molar-refractivity contribution >= 4 is 40.6 Å². The first-order chi connectivity index (χ1) is 17.4. The lowest BCUT2D eigenvalue weighted by molar-refractivity contribution is -0.413. The third kappa shape index (κ3) is 7.10. The molecule has 3 rings (SSSR count). The molecule has 19 heteroatoms. The molecule has 1 atom stereocenters. The fourth-order valence-electron chi connectivity index (χ4n) is 2.87. The zero-order chi connectivity index (χ0) is 28.6. The Balaban J connectivity index is 1.93. The molecule has 0 saturated heterocycles. The van der Waals surface area contributed by atoms with Gasteiger partial charge >= 0.3 is 25.0 Å². The summed E-state index contributed by atoms with van der Waals surface area (Å²) in [6, 6.07) is 1.37. The fraction of sp³-hybridized carbons (Fsp3) is 0.421. The Labute approximate surface area is 215 Å². The number of nitrogens with zero attached hydrogens (tertiary/aromatic N) is 2. The second-order valence-corrected chi connectivity index (χ2v) is 9.22. The van der Waals surface area contributed by atoms with E-state index in [0.717, 1.165) is 43.6 Å². The van der Waals surface area contributed by atoms with Gasteiger partial charge in [-0.3, -0.25) is 10.2 Å². The SMILES string of the molecule is CN/C(=C(\C(=N)OC(F)(F)C(F)OC(F)(F)F)C(F)(F)F)n1cc(-c2cc(C(=O)NC3CC3)c(Cl)s2)cn1. The van der Waals surface area contributed by atoms with Gasteiger partial charge in [0.05, 0.1) is 11.8 Å². The maximum atomic E-state index is 13.8. The lowest BCUT2D eigenvalue weighted by Crippen LogP contribution is -2.42. The summed E-state index contributed by atoms with van der Waals surface area (Å²) in [5.41, 5.74) is -2.04. The van der Waals surface area contributed by atoms with Crippen LogP contribution in [0.2, 0.25) is 4.34 Å². The van der Waals surface area contributed by atoms with Crippen LogP contribution < -0.4 is 10.6 Å². The second-order valence-electron chi connectivity index (χ2n) is 7.56. The second kappa shape index (κ2) is 10.6. The zero-order valence-corrected chi connectivity index (χ0v) is 20.2. The molecule has 0 bridgehead atoms. The van der Waals surface area contributed by atoms with E-state index >= 15 is 0 Å². The van der Waals surface area contributed by atoms with Crippen LogP contribution in [0.15, 0.2) is 24.0 Å².